The molecular weight excluding hydrogens is 701 g/mol. The molecule has 2 aromatic heterocycles. The zero-order chi connectivity index (χ0) is 39.0. The second-order valence-electron chi connectivity index (χ2n) is 15.3. The number of nitrogens with zero attached hydrogens (tertiary/aromatic N) is 2. The molecule has 2 nitrogen and oxygen atoms in total. The first-order valence-corrected chi connectivity index (χ1v) is 20.4. The van der Waals surface area contributed by atoms with Crippen LogP contribution in [0.4, 0.5) is 0 Å². The van der Waals surface area contributed by atoms with E-state index in [1.807, 2.05) is 12.3 Å². The van der Waals surface area contributed by atoms with Crippen LogP contribution >= 0.6 is 0 Å². The van der Waals surface area contributed by atoms with E-state index in [4.69, 9.17) is 4.98 Å². The number of fused-ring (bicyclic) bond motifs is 4. The minimum atomic E-state index is 0.231. The van der Waals surface area contributed by atoms with Crippen molar-refractivity contribution < 1.29 is 0 Å². The largest absolute Gasteiger partial charge is 0.294 e. The molecule has 0 saturated heterocycles. The minimum absolute atomic E-state index is 0.231. The van der Waals surface area contributed by atoms with Gasteiger partial charge in [-0.3, -0.25) is 4.57 Å². The van der Waals surface area contributed by atoms with Gasteiger partial charge in [0, 0.05) is 34.5 Å². The maximum Gasteiger partial charge on any atom is 0.145 e. The Morgan fingerprint density at radius 1 is 0.655 bits per heavy atom. The SMILES string of the molecule is C=CC1=C(C2C=CC=CC2)C2=CC(c3ccccc3-c3ccccc3-c3ccc4c(c3)c3cccnc3n4-c3ccccc3)=CCC2C(c2ccccc2)=C1/C=C\C. The molecular formula is C56H44N2. The van der Waals surface area contributed by atoms with Crippen LogP contribution in [0.3, 0.4) is 0 Å². The van der Waals surface area contributed by atoms with Crippen molar-refractivity contribution in [2.75, 3.05) is 0 Å². The summed E-state index contributed by atoms with van der Waals surface area (Å²) < 4.78 is 2.27. The fourth-order valence-electron chi connectivity index (χ4n) is 9.60. The predicted molar refractivity (Wildman–Crippen MR) is 245 cm³/mol. The van der Waals surface area contributed by atoms with Gasteiger partial charge in [0.2, 0.25) is 0 Å². The first-order chi connectivity index (χ1) is 28.7. The third kappa shape index (κ3) is 6.01. The molecule has 10 rings (SSSR count). The van der Waals surface area contributed by atoms with Gasteiger partial charge in [-0.1, -0.05) is 164 Å². The molecule has 3 aliphatic carbocycles. The fourth-order valence-corrected chi connectivity index (χ4v) is 9.60. The summed E-state index contributed by atoms with van der Waals surface area (Å²) in [7, 11) is 0. The lowest BCUT2D eigenvalue weighted by Crippen LogP contribution is -2.23. The number of pyridine rings is 1. The van der Waals surface area contributed by atoms with Crippen molar-refractivity contribution in [3.63, 3.8) is 0 Å². The van der Waals surface area contributed by atoms with Gasteiger partial charge in [-0.15, -0.1) is 0 Å². The Labute approximate surface area is 341 Å². The van der Waals surface area contributed by atoms with E-state index in [1.165, 1.54) is 72.2 Å². The highest BCUT2D eigenvalue weighted by Gasteiger charge is 2.36. The minimum Gasteiger partial charge on any atom is -0.294 e. The number of allylic oxidation sites excluding steroid dienone is 15. The Balaban J connectivity index is 1.12. The quantitative estimate of drug-likeness (QED) is 0.151. The molecule has 2 atom stereocenters. The lowest BCUT2D eigenvalue weighted by atomic mass is 9.65. The van der Waals surface area contributed by atoms with Crippen LogP contribution in [-0.4, -0.2) is 9.55 Å². The molecule has 0 aliphatic heterocycles. The highest BCUT2D eigenvalue weighted by molar-refractivity contribution is 6.09. The number of aromatic nitrogens is 2. The molecule has 7 aromatic rings. The lowest BCUT2D eigenvalue weighted by Gasteiger charge is -2.38. The normalized spacial score (nSPS) is 17.9. The maximum absolute atomic E-state index is 4.86. The van der Waals surface area contributed by atoms with Crippen molar-refractivity contribution in [3.05, 3.63) is 240 Å². The van der Waals surface area contributed by atoms with Gasteiger partial charge >= 0.3 is 0 Å². The summed E-state index contributed by atoms with van der Waals surface area (Å²) in [4.78, 5) is 4.86. The summed E-state index contributed by atoms with van der Waals surface area (Å²) in [5.41, 5.74) is 18.6. The van der Waals surface area contributed by atoms with Crippen LogP contribution < -0.4 is 0 Å². The summed E-state index contributed by atoms with van der Waals surface area (Å²) in [5.74, 6) is 0.506. The average Bonchev–Trinajstić information content (AvgIpc) is 3.63. The van der Waals surface area contributed by atoms with Gasteiger partial charge in [0.25, 0.3) is 0 Å². The van der Waals surface area contributed by atoms with Gasteiger partial charge in [0.15, 0.2) is 0 Å². The van der Waals surface area contributed by atoms with Crippen LogP contribution in [0.2, 0.25) is 0 Å². The van der Waals surface area contributed by atoms with Crippen molar-refractivity contribution in [2.24, 2.45) is 11.8 Å². The topological polar surface area (TPSA) is 17.8 Å². The smallest absolute Gasteiger partial charge is 0.145 e. The Kier molecular flexibility index (Phi) is 9.24. The fraction of sp³-hybridized carbons (Fsp3) is 0.0893. The lowest BCUT2D eigenvalue weighted by molar-refractivity contribution is 0.699. The molecule has 3 aliphatic rings. The van der Waals surface area contributed by atoms with E-state index in [0.717, 1.165) is 35.1 Å². The van der Waals surface area contributed by atoms with E-state index in [0.29, 0.717) is 0 Å². The summed E-state index contributed by atoms with van der Waals surface area (Å²) in [6.45, 7) is 6.56. The van der Waals surface area contributed by atoms with E-state index in [2.05, 4.69) is 206 Å². The molecule has 0 N–H and O–H groups in total. The van der Waals surface area contributed by atoms with Crippen molar-refractivity contribution in [2.45, 2.75) is 19.8 Å². The van der Waals surface area contributed by atoms with E-state index >= 15 is 0 Å². The molecule has 2 heterocycles. The summed E-state index contributed by atoms with van der Waals surface area (Å²) in [6.07, 6.45) is 24.4. The first kappa shape index (κ1) is 35.4. The van der Waals surface area contributed by atoms with Crippen molar-refractivity contribution in [1.29, 1.82) is 0 Å². The predicted octanol–water partition coefficient (Wildman–Crippen LogP) is 14.5. The van der Waals surface area contributed by atoms with E-state index in [9.17, 15) is 0 Å². The van der Waals surface area contributed by atoms with Crippen LogP contribution in [0.25, 0.3) is 61.0 Å². The van der Waals surface area contributed by atoms with Gasteiger partial charge in [-0.25, -0.2) is 4.98 Å². The Morgan fingerprint density at radius 2 is 1.38 bits per heavy atom. The van der Waals surface area contributed by atoms with E-state index < -0.39 is 0 Å². The average molecular weight is 745 g/mol. The van der Waals surface area contributed by atoms with Crippen LogP contribution in [0, 0.1) is 11.8 Å². The second kappa shape index (κ2) is 15.1. The number of benzene rings is 5. The molecule has 0 bridgehead atoms. The molecule has 2 unspecified atom stereocenters. The molecule has 0 radical (unpaired) electrons. The van der Waals surface area contributed by atoms with Crippen LogP contribution in [0.5, 0.6) is 0 Å². The Morgan fingerprint density at radius 3 is 2.12 bits per heavy atom. The zero-order valence-corrected chi connectivity index (χ0v) is 32.7. The highest BCUT2D eigenvalue weighted by atomic mass is 15.0. The van der Waals surface area contributed by atoms with E-state index in [-0.39, 0.29) is 11.8 Å². The van der Waals surface area contributed by atoms with Gasteiger partial charge in [0.1, 0.15) is 5.65 Å². The number of hydrogen-bond donors (Lipinski definition) is 0. The molecule has 278 valence electrons. The molecule has 0 amide bonds. The molecule has 0 saturated carbocycles. The monoisotopic (exact) mass is 744 g/mol. The van der Waals surface area contributed by atoms with Crippen molar-refractivity contribution in [3.8, 4) is 27.9 Å². The van der Waals surface area contributed by atoms with Gasteiger partial charge in [-0.2, -0.15) is 0 Å². The second-order valence-corrected chi connectivity index (χ2v) is 15.3. The molecule has 0 spiro atoms. The third-order valence-electron chi connectivity index (χ3n) is 12.1. The summed E-state index contributed by atoms with van der Waals surface area (Å²) >= 11 is 0. The Bertz CT molecular complexity index is 2960. The molecule has 2 heteroatoms. The summed E-state index contributed by atoms with van der Waals surface area (Å²) in [6, 6.07) is 50.5. The number of hydrogen-bond acceptors (Lipinski definition) is 1. The Hall–Kier alpha value is -7.03. The maximum atomic E-state index is 4.86. The van der Waals surface area contributed by atoms with Gasteiger partial charge < -0.3 is 0 Å². The summed E-state index contributed by atoms with van der Waals surface area (Å²) in [5, 5.41) is 2.34. The molecule has 5 aromatic carbocycles. The van der Waals surface area contributed by atoms with Crippen LogP contribution in [0.1, 0.15) is 30.9 Å². The molecule has 0 fully saturated rings. The standard InChI is InChI=1S/C56H44N2/c1-3-19-48-43(4-2)54(38-20-8-5-9-21-38)52-37-40(31-33-49(52)55(48)39-22-10-6-11-23-39)44-26-14-16-28-46(44)47-29-17-15-27-45(47)41-32-34-53-51(36-41)50-30-18-35-57-56(50)58(53)42-24-12-7-13-25-42/h3-20,22-32,34-38,49H,2,21,33H2,1H3/b19-3-. The number of rotatable bonds is 8. The third-order valence-corrected chi connectivity index (χ3v) is 12.1. The van der Waals surface area contributed by atoms with Crippen LogP contribution in [-0.2, 0) is 0 Å². The van der Waals surface area contributed by atoms with E-state index in [1.54, 1.807) is 0 Å². The van der Waals surface area contributed by atoms with Crippen LogP contribution in [0.15, 0.2) is 229 Å². The van der Waals surface area contributed by atoms with Gasteiger partial charge in [0.05, 0.1) is 5.52 Å². The highest BCUT2D eigenvalue weighted by Crippen LogP contribution is 2.52. The molecule has 58 heavy (non-hydrogen) atoms. The van der Waals surface area contributed by atoms with Crippen molar-refractivity contribution >= 4 is 33.1 Å². The zero-order valence-electron chi connectivity index (χ0n) is 32.7. The number of para-hydroxylation sites is 1. The first-order valence-electron chi connectivity index (χ1n) is 20.4. The van der Waals surface area contributed by atoms with Crippen molar-refractivity contribution in [1.82, 2.24) is 9.55 Å². The van der Waals surface area contributed by atoms with Gasteiger partial charge in [-0.05, 0) is 123 Å².